The van der Waals surface area contributed by atoms with Crippen LogP contribution < -0.4 is 0 Å². The molecule has 56 heavy (non-hydrogen) atoms. The van der Waals surface area contributed by atoms with Gasteiger partial charge < -0.3 is 33.9 Å². The van der Waals surface area contributed by atoms with E-state index in [4.69, 9.17) is 28.8 Å². The van der Waals surface area contributed by atoms with Crippen LogP contribution in [0, 0.1) is 0 Å². The van der Waals surface area contributed by atoms with E-state index in [1.165, 1.54) is 22.3 Å². The molecule has 2 saturated carbocycles. The first-order chi connectivity index (χ1) is 26.9. The number of hydrogen-bond donors (Lipinski definition) is 2. The lowest BCUT2D eigenvalue weighted by Crippen LogP contribution is -2.42. The fourth-order valence-electron chi connectivity index (χ4n) is 8.74. The highest BCUT2D eigenvalue weighted by Crippen LogP contribution is 2.43. The summed E-state index contributed by atoms with van der Waals surface area (Å²) in [7, 11) is 0. The van der Waals surface area contributed by atoms with Gasteiger partial charge in [0.15, 0.2) is 11.6 Å². The van der Waals surface area contributed by atoms with E-state index >= 15 is 0 Å². The van der Waals surface area contributed by atoms with Crippen LogP contribution in [0.25, 0.3) is 0 Å². The summed E-state index contributed by atoms with van der Waals surface area (Å²) in [6.07, 6.45) is -0.266. The molecule has 0 aromatic heterocycles. The number of nitrogens with zero attached hydrogens (tertiary/aromatic N) is 2. The molecule has 8 atom stereocenters. The molecule has 4 aliphatic rings. The van der Waals surface area contributed by atoms with Crippen LogP contribution in [0.5, 0.6) is 0 Å². The molecular formula is C46H56N2O8. The minimum atomic E-state index is -0.974. The number of ether oxygens (including phenoxy) is 5. The average Bonchev–Trinajstić information content (AvgIpc) is 3.88. The number of aliphatic hydroxyl groups excluding tert-OH is 1. The van der Waals surface area contributed by atoms with E-state index in [0.717, 1.165) is 26.2 Å². The lowest BCUT2D eigenvalue weighted by atomic mass is 10.1. The van der Waals surface area contributed by atoms with E-state index in [9.17, 15) is 9.90 Å². The maximum Gasteiger partial charge on any atom is 0.329 e. The van der Waals surface area contributed by atoms with Gasteiger partial charge in [0.05, 0.1) is 12.2 Å². The van der Waals surface area contributed by atoms with Crippen LogP contribution >= 0.6 is 0 Å². The number of carbonyl (C=O) groups is 1. The highest BCUT2D eigenvalue weighted by atomic mass is 16.8. The Labute approximate surface area is 330 Å². The number of aliphatic carboxylic acids is 1. The van der Waals surface area contributed by atoms with Crippen LogP contribution in [0.2, 0.25) is 0 Å². The second kappa shape index (κ2) is 17.7. The van der Waals surface area contributed by atoms with Gasteiger partial charge in [0.1, 0.15) is 31.0 Å². The quantitative estimate of drug-likeness (QED) is 0.151. The fourth-order valence-corrected chi connectivity index (χ4v) is 8.74. The third-order valence-corrected chi connectivity index (χ3v) is 11.1. The molecule has 8 rings (SSSR count). The van der Waals surface area contributed by atoms with Crippen molar-refractivity contribution in [2.45, 2.75) is 127 Å². The standard InChI is InChI=1S/C24H29NO5.C22H27NO3/c1-24(2)29-22-19(13-20(23(22)30-24)28-16-21(26)27)25(14-17-9-5-3-6-10-17)15-18-11-7-4-8-12-18;1-22(2)25-20-18(13-19(24)21(20)26-22)23(14-16-9-5-3-6-10-16)15-17-11-7-4-8-12-17/h3-12,19-20,22-23H,13-16H2,1-2H3,(H,26,27);3-12,18-21,24H,13-15H2,1-2H3/t19-,20+,22+,23-;18-,19+,20+,21-/m11/s1. The van der Waals surface area contributed by atoms with Crippen molar-refractivity contribution in [1.82, 2.24) is 9.80 Å². The minimum absolute atomic E-state index is 0.0518. The average molecular weight is 765 g/mol. The summed E-state index contributed by atoms with van der Waals surface area (Å²) >= 11 is 0. The second-order valence-corrected chi connectivity index (χ2v) is 16.3. The van der Waals surface area contributed by atoms with Gasteiger partial charge in [0.2, 0.25) is 0 Å². The third-order valence-electron chi connectivity index (χ3n) is 11.1. The van der Waals surface area contributed by atoms with E-state index in [1.54, 1.807) is 0 Å². The van der Waals surface area contributed by atoms with Crippen LogP contribution in [0.15, 0.2) is 121 Å². The topological polar surface area (TPSA) is 110 Å². The summed E-state index contributed by atoms with van der Waals surface area (Å²) in [6.45, 7) is 10.5. The lowest BCUT2D eigenvalue weighted by Gasteiger charge is -2.33. The molecule has 0 bridgehead atoms. The molecule has 298 valence electrons. The van der Waals surface area contributed by atoms with E-state index < -0.39 is 23.6 Å². The largest absolute Gasteiger partial charge is 0.480 e. The van der Waals surface area contributed by atoms with Crippen LogP contribution in [-0.4, -0.2) is 92.9 Å². The number of rotatable bonds is 13. The first-order valence-electron chi connectivity index (χ1n) is 19.8. The van der Waals surface area contributed by atoms with Gasteiger partial charge in [-0.1, -0.05) is 121 Å². The lowest BCUT2D eigenvalue weighted by molar-refractivity contribution is -0.175. The van der Waals surface area contributed by atoms with Crippen molar-refractivity contribution >= 4 is 5.97 Å². The molecule has 10 heteroatoms. The van der Waals surface area contributed by atoms with Gasteiger partial charge in [-0.25, -0.2) is 4.79 Å². The Morgan fingerprint density at radius 3 is 1.30 bits per heavy atom. The number of hydrogen-bond acceptors (Lipinski definition) is 9. The smallest absolute Gasteiger partial charge is 0.329 e. The summed E-state index contributed by atoms with van der Waals surface area (Å²) < 4.78 is 30.3. The molecule has 2 N–H and O–H groups in total. The Hall–Kier alpha value is -3.97. The Balaban J connectivity index is 0.000000173. The third kappa shape index (κ3) is 10.1. The van der Waals surface area contributed by atoms with Crippen molar-refractivity contribution in [1.29, 1.82) is 0 Å². The van der Waals surface area contributed by atoms with Crippen molar-refractivity contribution < 1.29 is 38.7 Å². The molecule has 4 aromatic carbocycles. The van der Waals surface area contributed by atoms with Gasteiger partial charge in [-0.15, -0.1) is 0 Å². The van der Waals surface area contributed by atoms with Crippen molar-refractivity contribution in [2.75, 3.05) is 6.61 Å². The number of benzene rings is 4. The minimum Gasteiger partial charge on any atom is -0.480 e. The van der Waals surface area contributed by atoms with Crippen molar-refractivity contribution in [3.8, 4) is 0 Å². The van der Waals surface area contributed by atoms with Gasteiger partial charge in [-0.2, -0.15) is 0 Å². The summed E-state index contributed by atoms with van der Waals surface area (Å²) in [5, 5.41) is 19.6. The summed E-state index contributed by atoms with van der Waals surface area (Å²) in [5.41, 5.74) is 4.97. The molecule has 0 amide bonds. The maximum absolute atomic E-state index is 11.1. The van der Waals surface area contributed by atoms with Crippen molar-refractivity contribution in [3.05, 3.63) is 144 Å². The molecule has 2 heterocycles. The molecule has 2 saturated heterocycles. The van der Waals surface area contributed by atoms with E-state index in [2.05, 4.69) is 82.6 Å². The second-order valence-electron chi connectivity index (χ2n) is 16.3. The highest BCUT2D eigenvalue weighted by molar-refractivity contribution is 5.68. The van der Waals surface area contributed by atoms with Gasteiger partial charge in [0, 0.05) is 38.3 Å². The first kappa shape index (κ1) is 40.2. The molecule has 2 aliphatic heterocycles. The summed E-state index contributed by atoms with van der Waals surface area (Å²) in [6, 6.07) is 41.8. The zero-order valence-electron chi connectivity index (χ0n) is 32.9. The zero-order chi connectivity index (χ0) is 39.3. The highest BCUT2D eigenvalue weighted by Gasteiger charge is 2.57. The van der Waals surface area contributed by atoms with Crippen LogP contribution in [0.1, 0.15) is 62.8 Å². The molecule has 2 aliphatic carbocycles. The number of carboxylic acids is 1. The van der Waals surface area contributed by atoms with Gasteiger partial charge in [-0.05, 0) is 62.8 Å². The van der Waals surface area contributed by atoms with Gasteiger partial charge in [0.25, 0.3) is 0 Å². The maximum atomic E-state index is 11.1. The monoisotopic (exact) mass is 764 g/mol. The normalized spacial score (nSPS) is 28.5. The van der Waals surface area contributed by atoms with Gasteiger partial charge >= 0.3 is 5.97 Å². The Morgan fingerprint density at radius 1 is 0.571 bits per heavy atom. The zero-order valence-corrected chi connectivity index (χ0v) is 32.9. The molecule has 4 aromatic rings. The predicted molar refractivity (Wildman–Crippen MR) is 212 cm³/mol. The number of carboxylic acid groups (broad SMARTS) is 1. The molecule has 10 nitrogen and oxygen atoms in total. The number of aliphatic hydroxyl groups is 1. The Morgan fingerprint density at radius 2 is 0.911 bits per heavy atom. The molecule has 0 unspecified atom stereocenters. The van der Waals surface area contributed by atoms with Gasteiger partial charge in [-0.3, -0.25) is 9.80 Å². The van der Waals surface area contributed by atoms with E-state index in [0.29, 0.717) is 12.8 Å². The van der Waals surface area contributed by atoms with Crippen molar-refractivity contribution in [3.63, 3.8) is 0 Å². The predicted octanol–water partition coefficient (Wildman–Crippen LogP) is 6.79. The molecule has 0 spiro atoms. The van der Waals surface area contributed by atoms with Crippen LogP contribution in [-0.2, 0) is 54.7 Å². The molecule has 0 radical (unpaired) electrons. The summed E-state index contributed by atoms with van der Waals surface area (Å²) in [4.78, 5) is 15.9. The molecular weight excluding hydrogens is 709 g/mol. The fraction of sp³-hybridized carbons (Fsp3) is 0.457. The summed E-state index contributed by atoms with van der Waals surface area (Å²) in [5.74, 6) is -2.33. The van der Waals surface area contributed by atoms with Crippen molar-refractivity contribution in [2.24, 2.45) is 0 Å². The van der Waals surface area contributed by atoms with Crippen LogP contribution in [0.4, 0.5) is 0 Å². The first-order valence-corrected chi connectivity index (χ1v) is 19.8. The Kier molecular flexibility index (Phi) is 12.7. The van der Waals surface area contributed by atoms with E-state index in [1.807, 2.05) is 76.2 Å². The number of fused-ring (bicyclic) bond motifs is 2. The SMILES string of the molecule is CC1(C)O[C@@H]2[C@H](O1)[C@@H](O)C[C@H]2N(Cc1ccccc1)Cc1ccccc1.CC1(C)O[C@@H]2[C@H](O1)[C@@H](OCC(=O)O)C[C@H]2N(Cc1ccccc1)Cc1ccccc1. The van der Waals surface area contributed by atoms with Crippen LogP contribution in [0.3, 0.4) is 0 Å². The molecule has 4 fully saturated rings. The Bertz CT molecular complexity index is 1750. The van der Waals surface area contributed by atoms with E-state index in [-0.39, 0.29) is 49.2 Å².